The first kappa shape index (κ1) is 26.7. The maximum absolute atomic E-state index is 12.2. The van der Waals surface area contributed by atoms with Crippen LogP contribution in [0.1, 0.15) is 11.1 Å². The van der Waals surface area contributed by atoms with E-state index in [0.717, 1.165) is 10.0 Å². The summed E-state index contributed by atoms with van der Waals surface area (Å²) in [6, 6.07) is 18.9. The third kappa shape index (κ3) is 8.10. The van der Waals surface area contributed by atoms with Crippen LogP contribution in [-0.2, 0) is 20.9 Å². The highest BCUT2D eigenvalue weighted by Gasteiger charge is 2.13. The van der Waals surface area contributed by atoms with E-state index < -0.39 is 17.7 Å². The number of anilines is 1. The highest BCUT2D eigenvalue weighted by molar-refractivity contribution is 9.10. The van der Waals surface area contributed by atoms with Gasteiger partial charge in [0.25, 0.3) is 5.91 Å². The minimum Gasteiger partial charge on any atom is -0.497 e. The third-order valence-electron chi connectivity index (χ3n) is 4.67. The van der Waals surface area contributed by atoms with Crippen molar-refractivity contribution in [2.75, 3.05) is 19.0 Å². The molecule has 3 amide bonds. The highest BCUT2D eigenvalue weighted by Crippen LogP contribution is 2.23. The molecule has 0 radical (unpaired) electrons. The number of rotatable bonds is 9. The average molecular weight is 574 g/mol. The summed E-state index contributed by atoms with van der Waals surface area (Å²) >= 11 is 9.40. The summed E-state index contributed by atoms with van der Waals surface area (Å²) in [5.74, 6) is -1.15. The zero-order valence-electron chi connectivity index (χ0n) is 19.1. The maximum Gasteiger partial charge on any atom is 0.329 e. The van der Waals surface area contributed by atoms with Crippen molar-refractivity contribution in [1.82, 2.24) is 10.7 Å². The van der Waals surface area contributed by atoms with E-state index in [0.29, 0.717) is 27.8 Å². The molecule has 0 aliphatic carbocycles. The van der Waals surface area contributed by atoms with Crippen molar-refractivity contribution in [2.24, 2.45) is 5.10 Å². The normalized spacial score (nSPS) is 10.5. The van der Waals surface area contributed by atoms with Gasteiger partial charge in [0.15, 0.2) is 6.61 Å². The van der Waals surface area contributed by atoms with Crippen LogP contribution in [-0.4, -0.2) is 37.7 Å². The van der Waals surface area contributed by atoms with Crippen LogP contribution in [0.3, 0.4) is 0 Å². The second-order valence-corrected chi connectivity index (χ2v) is 8.55. The molecule has 0 bridgehead atoms. The quantitative estimate of drug-likeness (QED) is 0.204. The van der Waals surface area contributed by atoms with Gasteiger partial charge >= 0.3 is 11.8 Å². The van der Waals surface area contributed by atoms with E-state index in [1.54, 1.807) is 73.8 Å². The standard InChI is InChI=1S/C25H22BrClN4O5/c1-35-19-9-6-16(7-10-19)13-28-24(33)25(34)31-29-14-17-12-18(26)8-11-22(17)36-15-23(32)30-21-5-3-2-4-20(21)27/h2-12,14H,13,15H2,1H3,(H,28,33)(H,30,32)(H,31,34)/b29-14-. The fourth-order valence-electron chi connectivity index (χ4n) is 2.86. The molecule has 3 N–H and O–H groups in total. The molecule has 0 aliphatic rings. The highest BCUT2D eigenvalue weighted by atomic mass is 79.9. The molecular weight excluding hydrogens is 552 g/mol. The summed E-state index contributed by atoms with van der Waals surface area (Å²) in [6.07, 6.45) is 1.31. The van der Waals surface area contributed by atoms with Crippen LogP contribution in [0.5, 0.6) is 11.5 Å². The van der Waals surface area contributed by atoms with Crippen LogP contribution in [0, 0.1) is 0 Å². The molecule has 0 spiro atoms. The summed E-state index contributed by atoms with van der Waals surface area (Å²) in [5, 5.41) is 9.41. The monoisotopic (exact) mass is 572 g/mol. The predicted molar refractivity (Wildman–Crippen MR) is 140 cm³/mol. The van der Waals surface area contributed by atoms with Crippen LogP contribution in [0.15, 0.2) is 76.3 Å². The Morgan fingerprint density at radius 3 is 2.50 bits per heavy atom. The molecule has 0 saturated heterocycles. The lowest BCUT2D eigenvalue weighted by atomic mass is 10.2. The van der Waals surface area contributed by atoms with Crippen molar-refractivity contribution < 1.29 is 23.9 Å². The Hall–Kier alpha value is -3.89. The lowest BCUT2D eigenvalue weighted by molar-refractivity contribution is -0.139. The average Bonchev–Trinajstić information content (AvgIpc) is 2.88. The molecule has 11 heteroatoms. The van der Waals surface area contributed by atoms with Crippen molar-refractivity contribution in [1.29, 1.82) is 0 Å². The van der Waals surface area contributed by atoms with Crippen molar-refractivity contribution in [3.63, 3.8) is 0 Å². The van der Waals surface area contributed by atoms with E-state index >= 15 is 0 Å². The van der Waals surface area contributed by atoms with E-state index in [2.05, 4.69) is 37.1 Å². The van der Waals surface area contributed by atoms with Gasteiger partial charge in [-0.2, -0.15) is 5.10 Å². The number of ether oxygens (including phenoxy) is 2. The summed E-state index contributed by atoms with van der Waals surface area (Å²) in [7, 11) is 1.56. The van der Waals surface area contributed by atoms with Gasteiger partial charge in [0.1, 0.15) is 11.5 Å². The number of hydrogen-bond acceptors (Lipinski definition) is 6. The second-order valence-electron chi connectivity index (χ2n) is 7.23. The molecule has 0 aromatic heterocycles. The van der Waals surface area contributed by atoms with Gasteiger partial charge in [0.2, 0.25) is 0 Å². The number of para-hydroxylation sites is 1. The first-order valence-corrected chi connectivity index (χ1v) is 11.7. The Morgan fingerprint density at radius 2 is 1.78 bits per heavy atom. The Morgan fingerprint density at radius 1 is 1.03 bits per heavy atom. The second kappa shape index (κ2) is 13.3. The van der Waals surface area contributed by atoms with Crippen LogP contribution in [0.2, 0.25) is 5.02 Å². The topological polar surface area (TPSA) is 118 Å². The van der Waals surface area contributed by atoms with Crippen LogP contribution < -0.4 is 25.5 Å². The zero-order valence-corrected chi connectivity index (χ0v) is 21.4. The Balaban J connectivity index is 1.53. The molecule has 3 rings (SSSR count). The predicted octanol–water partition coefficient (Wildman–Crippen LogP) is 3.90. The first-order valence-electron chi connectivity index (χ1n) is 10.6. The number of nitrogens with one attached hydrogen (secondary N) is 3. The first-order chi connectivity index (χ1) is 17.4. The number of benzene rings is 3. The lowest BCUT2D eigenvalue weighted by Gasteiger charge is -2.11. The fraction of sp³-hybridized carbons (Fsp3) is 0.120. The maximum atomic E-state index is 12.2. The van der Waals surface area contributed by atoms with Crippen LogP contribution >= 0.6 is 27.5 Å². The number of hydrazone groups is 1. The number of amides is 3. The largest absolute Gasteiger partial charge is 0.497 e. The number of carbonyl (C=O) groups excluding carboxylic acids is 3. The molecule has 0 aliphatic heterocycles. The number of nitrogens with zero attached hydrogens (tertiary/aromatic N) is 1. The Kier molecular flexibility index (Phi) is 9.84. The minimum absolute atomic E-state index is 0.167. The van der Waals surface area contributed by atoms with Gasteiger partial charge in [0.05, 0.1) is 24.0 Å². The smallest absolute Gasteiger partial charge is 0.329 e. The number of halogens is 2. The molecule has 9 nitrogen and oxygen atoms in total. The third-order valence-corrected chi connectivity index (χ3v) is 5.49. The summed E-state index contributed by atoms with van der Waals surface area (Å²) < 4.78 is 11.4. The number of hydrogen-bond donors (Lipinski definition) is 3. The molecule has 186 valence electrons. The molecule has 0 atom stereocenters. The van der Waals surface area contributed by atoms with Gasteiger partial charge in [0, 0.05) is 16.6 Å². The lowest BCUT2D eigenvalue weighted by Crippen LogP contribution is -2.37. The summed E-state index contributed by atoms with van der Waals surface area (Å²) in [5.41, 5.74) is 3.91. The van der Waals surface area contributed by atoms with Crippen LogP contribution in [0.4, 0.5) is 5.69 Å². The van der Waals surface area contributed by atoms with Crippen molar-refractivity contribution in [3.8, 4) is 11.5 Å². The van der Waals surface area contributed by atoms with E-state index in [-0.39, 0.29) is 13.2 Å². The molecular formula is C25H22BrClN4O5. The summed E-state index contributed by atoms with van der Waals surface area (Å²) in [6.45, 7) is -0.117. The van der Waals surface area contributed by atoms with Gasteiger partial charge in [-0.15, -0.1) is 0 Å². The summed E-state index contributed by atoms with van der Waals surface area (Å²) in [4.78, 5) is 36.4. The van der Waals surface area contributed by atoms with Crippen molar-refractivity contribution in [2.45, 2.75) is 6.54 Å². The molecule has 3 aromatic rings. The van der Waals surface area contributed by atoms with Crippen molar-refractivity contribution in [3.05, 3.63) is 87.4 Å². The van der Waals surface area contributed by atoms with Gasteiger partial charge in [-0.1, -0.05) is 51.8 Å². The van der Waals surface area contributed by atoms with Gasteiger partial charge < -0.3 is 20.1 Å². The van der Waals surface area contributed by atoms with Crippen LogP contribution in [0.25, 0.3) is 0 Å². The van der Waals surface area contributed by atoms with Gasteiger partial charge in [-0.25, -0.2) is 5.43 Å². The number of methoxy groups -OCH3 is 1. The van der Waals surface area contributed by atoms with Gasteiger partial charge in [-0.3, -0.25) is 14.4 Å². The zero-order chi connectivity index (χ0) is 25.9. The van der Waals surface area contributed by atoms with E-state index in [1.165, 1.54) is 6.21 Å². The SMILES string of the molecule is COc1ccc(CNC(=O)C(=O)N/N=C\c2cc(Br)ccc2OCC(=O)Nc2ccccc2Cl)cc1. The van der Waals surface area contributed by atoms with E-state index in [9.17, 15) is 14.4 Å². The van der Waals surface area contributed by atoms with Gasteiger partial charge in [-0.05, 0) is 48.0 Å². The molecule has 0 unspecified atom stereocenters. The minimum atomic E-state index is -0.934. The molecule has 0 heterocycles. The molecule has 3 aromatic carbocycles. The number of carbonyl (C=O) groups is 3. The van der Waals surface area contributed by atoms with E-state index in [4.69, 9.17) is 21.1 Å². The van der Waals surface area contributed by atoms with E-state index in [1.807, 2.05) is 0 Å². The molecule has 36 heavy (non-hydrogen) atoms. The fourth-order valence-corrected chi connectivity index (χ4v) is 3.42. The Labute approximate surface area is 220 Å². The van der Waals surface area contributed by atoms with Crippen molar-refractivity contribution >= 4 is 57.2 Å². The Bertz CT molecular complexity index is 1270. The molecule has 0 fully saturated rings. The molecule has 0 saturated carbocycles.